The summed E-state index contributed by atoms with van der Waals surface area (Å²) in [7, 11) is 0. The van der Waals surface area contributed by atoms with Crippen molar-refractivity contribution in [2.24, 2.45) is 0 Å². The third-order valence-corrected chi connectivity index (χ3v) is 2.11. The van der Waals surface area contributed by atoms with E-state index in [0.717, 1.165) is 0 Å². The van der Waals surface area contributed by atoms with E-state index in [0.29, 0.717) is 11.3 Å². The van der Waals surface area contributed by atoms with E-state index < -0.39 is 5.82 Å². The van der Waals surface area contributed by atoms with Gasteiger partial charge in [0.2, 0.25) is 0 Å². The highest BCUT2D eigenvalue weighted by atomic mass is 19.1. The number of halogens is 1. The van der Waals surface area contributed by atoms with E-state index in [-0.39, 0.29) is 17.7 Å². The fourth-order valence-electron chi connectivity index (χ4n) is 1.43. The minimum atomic E-state index is -0.439. The molecule has 2 N–H and O–H groups in total. The lowest BCUT2D eigenvalue weighted by Gasteiger charge is -2.10. The first kappa shape index (κ1) is 11.4. The number of aromatic nitrogens is 1. The first-order valence-corrected chi connectivity index (χ1v) is 5.25. The summed E-state index contributed by atoms with van der Waals surface area (Å²) >= 11 is 0. The molecule has 0 aliphatic carbocycles. The number of nitrogens with two attached hydrogens (primary N) is 1. The van der Waals surface area contributed by atoms with Crippen molar-refractivity contribution < 1.29 is 13.7 Å². The van der Waals surface area contributed by atoms with Crippen LogP contribution in [0, 0.1) is 5.82 Å². The molecule has 0 radical (unpaired) electrons. The van der Waals surface area contributed by atoms with Crippen molar-refractivity contribution in [3.63, 3.8) is 0 Å². The zero-order valence-electron chi connectivity index (χ0n) is 9.61. The molecule has 1 aromatic carbocycles. The summed E-state index contributed by atoms with van der Waals surface area (Å²) in [4.78, 5) is 0. The van der Waals surface area contributed by atoms with Crippen LogP contribution in [0.1, 0.15) is 13.8 Å². The highest BCUT2D eigenvalue weighted by Gasteiger charge is 2.10. The molecular weight excluding hydrogens is 223 g/mol. The molecule has 5 heteroatoms. The summed E-state index contributed by atoms with van der Waals surface area (Å²) in [5.74, 6) is 0.475. The fourth-order valence-corrected chi connectivity index (χ4v) is 1.43. The zero-order chi connectivity index (χ0) is 12.4. The average Bonchev–Trinajstić information content (AvgIpc) is 2.67. The quantitative estimate of drug-likeness (QED) is 0.890. The first-order chi connectivity index (χ1) is 8.06. The number of hydrogen-bond acceptors (Lipinski definition) is 4. The van der Waals surface area contributed by atoms with Crippen LogP contribution in [0.15, 0.2) is 28.8 Å². The molecule has 17 heavy (non-hydrogen) atoms. The van der Waals surface area contributed by atoms with Gasteiger partial charge < -0.3 is 15.0 Å². The molecule has 0 unspecified atom stereocenters. The molecule has 0 aliphatic heterocycles. The Morgan fingerprint density at radius 1 is 1.35 bits per heavy atom. The number of benzene rings is 1. The van der Waals surface area contributed by atoms with Gasteiger partial charge >= 0.3 is 0 Å². The van der Waals surface area contributed by atoms with Crippen LogP contribution in [-0.2, 0) is 0 Å². The topological polar surface area (TPSA) is 61.3 Å². The van der Waals surface area contributed by atoms with E-state index >= 15 is 0 Å². The third-order valence-electron chi connectivity index (χ3n) is 2.11. The number of anilines is 1. The number of rotatable bonds is 3. The molecule has 0 saturated heterocycles. The molecule has 0 saturated carbocycles. The molecule has 0 amide bonds. The number of nitrogen functional groups attached to an aromatic ring is 1. The second kappa shape index (κ2) is 4.45. The maximum absolute atomic E-state index is 13.7. The zero-order valence-corrected chi connectivity index (χ0v) is 9.61. The Bertz CT molecular complexity index is 523. The van der Waals surface area contributed by atoms with E-state index in [4.69, 9.17) is 15.0 Å². The molecule has 1 heterocycles. The van der Waals surface area contributed by atoms with E-state index in [1.165, 1.54) is 12.1 Å². The van der Waals surface area contributed by atoms with Gasteiger partial charge in [-0.05, 0) is 32.0 Å². The van der Waals surface area contributed by atoms with Gasteiger partial charge in [-0.25, -0.2) is 4.39 Å². The van der Waals surface area contributed by atoms with Gasteiger partial charge in [0, 0.05) is 11.6 Å². The van der Waals surface area contributed by atoms with Crippen LogP contribution in [0.2, 0.25) is 0 Å². The Morgan fingerprint density at radius 2 is 2.12 bits per heavy atom. The minimum absolute atomic E-state index is 0.0729. The standard InChI is InChI=1S/C12H13FN2O2/c1-7(2)16-10-4-3-8(5-9(10)13)11-6-12(14)15-17-11/h3-7H,1-2H3,(H2,14,15). The number of ether oxygens (including phenoxy) is 1. The highest BCUT2D eigenvalue weighted by Crippen LogP contribution is 2.27. The van der Waals surface area contributed by atoms with Crippen LogP contribution in [-0.4, -0.2) is 11.3 Å². The average molecular weight is 236 g/mol. The van der Waals surface area contributed by atoms with Gasteiger partial charge in [-0.15, -0.1) is 0 Å². The summed E-state index contributed by atoms with van der Waals surface area (Å²) in [6.45, 7) is 3.68. The van der Waals surface area contributed by atoms with E-state index in [1.54, 1.807) is 12.1 Å². The molecule has 0 spiro atoms. The first-order valence-electron chi connectivity index (χ1n) is 5.25. The summed E-state index contributed by atoms with van der Waals surface area (Å²) in [6.07, 6.45) is -0.0729. The van der Waals surface area contributed by atoms with Crippen molar-refractivity contribution in [2.45, 2.75) is 20.0 Å². The van der Waals surface area contributed by atoms with Crippen molar-refractivity contribution in [2.75, 3.05) is 5.73 Å². The summed E-state index contributed by atoms with van der Waals surface area (Å²) < 4.78 is 23.9. The van der Waals surface area contributed by atoms with Crippen LogP contribution < -0.4 is 10.5 Å². The van der Waals surface area contributed by atoms with E-state index in [9.17, 15) is 4.39 Å². The maximum atomic E-state index is 13.7. The Balaban J connectivity index is 2.30. The number of hydrogen-bond donors (Lipinski definition) is 1. The van der Waals surface area contributed by atoms with Gasteiger partial charge in [0.25, 0.3) is 0 Å². The third kappa shape index (κ3) is 2.55. The molecule has 0 fully saturated rings. The summed E-state index contributed by atoms with van der Waals surface area (Å²) in [5.41, 5.74) is 6.00. The Morgan fingerprint density at radius 3 is 2.65 bits per heavy atom. The van der Waals surface area contributed by atoms with Crippen molar-refractivity contribution in [3.05, 3.63) is 30.1 Å². The molecular formula is C12H13FN2O2. The Kier molecular flexibility index (Phi) is 2.99. The van der Waals surface area contributed by atoms with Gasteiger partial charge in [0.1, 0.15) is 0 Å². The molecule has 90 valence electrons. The van der Waals surface area contributed by atoms with Crippen molar-refractivity contribution >= 4 is 5.82 Å². The molecule has 0 bridgehead atoms. The smallest absolute Gasteiger partial charge is 0.169 e. The van der Waals surface area contributed by atoms with Crippen molar-refractivity contribution in [1.29, 1.82) is 0 Å². The monoisotopic (exact) mass is 236 g/mol. The van der Waals surface area contributed by atoms with Gasteiger partial charge in [-0.3, -0.25) is 0 Å². The number of nitrogens with zero attached hydrogens (tertiary/aromatic N) is 1. The predicted octanol–water partition coefficient (Wildman–Crippen LogP) is 2.85. The lowest BCUT2D eigenvalue weighted by atomic mass is 10.1. The van der Waals surface area contributed by atoms with Crippen LogP contribution in [0.5, 0.6) is 5.75 Å². The second-order valence-corrected chi connectivity index (χ2v) is 3.93. The molecule has 2 rings (SSSR count). The second-order valence-electron chi connectivity index (χ2n) is 3.93. The largest absolute Gasteiger partial charge is 0.488 e. The SMILES string of the molecule is CC(C)Oc1ccc(-c2cc(N)no2)cc1F. The Hall–Kier alpha value is -2.04. The lowest BCUT2D eigenvalue weighted by molar-refractivity contribution is 0.231. The lowest BCUT2D eigenvalue weighted by Crippen LogP contribution is -2.06. The fraction of sp³-hybridized carbons (Fsp3) is 0.250. The summed E-state index contributed by atoms with van der Waals surface area (Å²) in [6, 6.07) is 6.12. The van der Waals surface area contributed by atoms with Crippen molar-refractivity contribution in [1.82, 2.24) is 5.16 Å². The van der Waals surface area contributed by atoms with Crippen LogP contribution in [0.3, 0.4) is 0 Å². The van der Waals surface area contributed by atoms with Gasteiger partial charge in [0.05, 0.1) is 6.10 Å². The molecule has 4 nitrogen and oxygen atoms in total. The van der Waals surface area contributed by atoms with Crippen LogP contribution in [0.4, 0.5) is 10.2 Å². The van der Waals surface area contributed by atoms with Crippen LogP contribution >= 0.6 is 0 Å². The minimum Gasteiger partial charge on any atom is -0.488 e. The molecule has 2 aromatic rings. The maximum Gasteiger partial charge on any atom is 0.169 e. The van der Waals surface area contributed by atoms with Gasteiger partial charge in [0.15, 0.2) is 23.1 Å². The molecule has 1 aromatic heterocycles. The van der Waals surface area contributed by atoms with E-state index in [2.05, 4.69) is 5.16 Å². The Labute approximate surface area is 98.2 Å². The highest BCUT2D eigenvalue weighted by molar-refractivity contribution is 5.61. The summed E-state index contributed by atoms with van der Waals surface area (Å²) in [5, 5.41) is 3.54. The van der Waals surface area contributed by atoms with Gasteiger partial charge in [-0.1, -0.05) is 5.16 Å². The van der Waals surface area contributed by atoms with E-state index in [1.807, 2.05) is 13.8 Å². The van der Waals surface area contributed by atoms with Crippen molar-refractivity contribution in [3.8, 4) is 17.1 Å². The van der Waals surface area contributed by atoms with Crippen LogP contribution in [0.25, 0.3) is 11.3 Å². The normalized spacial score (nSPS) is 10.8. The molecule has 0 aliphatic rings. The predicted molar refractivity (Wildman–Crippen MR) is 62.1 cm³/mol. The van der Waals surface area contributed by atoms with Gasteiger partial charge in [-0.2, -0.15) is 0 Å². The molecule has 0 atom stereocenters.